The van der Waals surface area contributed by atoms with E-state index in [-0.39, 0.29) is 0 Å². The lowest BCUT2D eigenvalue weighted by molar-refractivity contribution is 0.183. The molecule has 1 saturated heterocycles. The Balaban J connectivity index is 1.93. The van der Waals surface area contributed by atoms with Crippen molar-refractivity contribution in [3.8, 4) is 0 Å². The fraction of sp³-hybridized carbons (Fsp3) is 0.571. The van der Waals surface area contributed by atoms with Crippen LogP contribution in [0.15, 0.2) is 24.3 Å². The highest BCUT2D eigenvalue weighted by molar-refractivity contribution is 9.09. The van der Waals surface area contributed by atoms with Crippen LogP contribution in [0.5, 0.6) is 0 Å². The first-order valence-corrected chi connectivity index (χ1v) is 6.98. The van der Waals surface area contributed by atoms with Crippen molar-refractivity contribution in [3.63, 3.8) is 0 Å². The van der Waals surface area contributed by atoms with E-state index in [1.54, 1.807) is 0 Å². The van der Waals surface area contributed by atoms with Gasteiger partial charge in [-0.3, -0.25) is 4.90 Å². The summed E-state index contributed by atoms with van der Waals surface area (Å²) < 4.78 is 0. The van der Waals surface area contributed by atoms with Crippen LogP contribution in [-0.2, 0) is 6.54 Å². The largest absolute Gasteiger partial charge is 0.299 e. The first-order valence-electron chi connectivity index (χ1n) is 6.07. The number of nitrogens with zero attached hydrogens (tertiary/aromatic N) is 1. The zero-order valence-corrected chi connectivity index (χ0v) is 11.7. The Bertz CT molecular complexity index is 333. The third-order valence-corrected chi connectivity index (χ3v) is 4.77. The molecule has 1 aromatic rings. The Morgan fingerprint density at radius 2 is 2.00 bits per heavy atom. The standard InChI is InChI=1S/C14H20BrN/c1-11-3-5-13(6-4-11)10-16-8-7-14(15)12(2)9-16/h3-6,12,14H,7-10H2,1-2H3. The van der Waals surface area contributed by atoms with Gasteiger partial charge >= 0.3 is 0 Å². The number of halogens is 1. The summed E-state index contributed by atoms with van der Waals surface area (Å²) in [7, 11) is 0. The lowest BCUT2D eigenvalue weighted by atomic mass is 9.99. The van der Waals surface area contributed by atoms with Gasteiger partial charge in [0.2, 0.25) is 0 Å². The maximum absolute atomic E-state index is 3.75. The lowest BCUT2D eigenvalue weighted by Crippen LogP contribution is -2.39. The molecule has 0 amide bonds. The van der Waals surface area contributed by atoms with Crippen molar-refractivity contribution in [2.75, 3.05) is 13.1 Å². The predicted octanol–water partition coefficient (Wildman–Crippen LogP) is 3.60. The van der Waals surface area contributed by atoms with E-state index in [0.29, 0.717) is 4.83 Å². The van der Waals surface area contributed by atoms with Crippen LogP contribution in [0, 0.1) is 12.8 Å². The summed E-state index contributed by atoms with van der Waals surface area (Å²) >= 11 is 3.75. The topological polar surface area (TPSA) is 3.24 Å². The number of likely N-dealkylation sites (tertiary alicyclic amines) is 1. The van der Waals surface area contributed by atoms with Gasteiger partial charge in [0.1, 0.15) is 0 Å². The molecule has 1 nitrogen and oxygen atoms in total. The minimum Gasteiger partial charge on any atom is -0.299 e. The smallest absolute Gasteiger partial charge is 0.0233 e. The first-order chi connectivity index (χ1) is 7.65. The molecule has 1 fully saturated rings. The van der Waals surface area contributed by atoms with E-state index >= 15 is 0 Å². The number of hydrogen-bond donors (Lipinski definition) is 0. The molecule has 2 atom stereocenters. The number of benzene rings is 1. The summed E-state index contributed by atoms with van der Waals surface area (Å²) in [6.45, 7) is 8.01. The van der Waals surface area contributed by atoms with Gasteiger partial charge in [0.25, 0.3) is 0 Å². The Labute approximate surface area is 107 Å². The van der Waals surface area contributed by atoms with Crippen LogP contribution in [0.1, 0.15) is 24.5 Å². The van der Waals surface area contributed by atoms with E-state index < -0.39 is 0 Å². The third-order valence-electron chi connectivity index (χ3n) is 3.41. The summed E-state index contributed by atoms with van der Waals surface area (Å²) in [4.78, 5) is 3.27. The van der Waals surface area contributed by atoms with Gasteiger partial charge in [0.05, 0.1) is 0 Å². The fourth-order valence-corrected chi connectivity index (χ4v) is 2.67. The number of alkyl halides is 1. The van der Waals surface area contributed by atoms with E-state index in [1.807, 2.05) is 0 Å². The minimum atomic E-state index is 0.710. The van der Waals surface area contributed by atoms with Crippen LogP contribution >= 0.6 is 15.9 Å². The number of aryl methyl sites for hydroxylation is 1. The minimum absolute atomic E-state index is 0.710. The monoisotopic (exact) mass is 281 g/mol. The maximum Gasteiger partial charge on any atom is 0.0233 e. The molecule has 1 aliphatic rings. The fourth-order valence-electron chi connectivity index (χ4n) is 2.30. The molecule has 2 rings (SSSR count). The van der Waals surface area contributed by atoms with Crippen molar-refractivity contribution in [3.05, 3.63) is 35.4 Å². The number of hydrogen-bond acceptors (Lipinski definition) is 1. The quantitative estimate of drug-likeness (QED) is 0.749. The first kappa shape index (κ1) is 12.1. The molecule has 0 aliphatic carbocycles. The molecule has 1 aliphatic heterocycles. The molecule has 0 saturated carbocycles. The SMILES string of the molecule is Cc1ccc(CN2CCC(Br)C(C)C2)cc1. The molecule has 0 spiro atoms. The molecule has 0 bridgehead atoms. The highest BCUT2D eigenvalue weighted by Gasteiger charge is 2.23. The predicted molar refractivity (Wildman–Crippen MR) is 73.0 cm³/mol. The van der Waals surface area contributed by atoms with Gasteiger partial charge in [-0.15, -0.1) is 0 Å². The van der Waals surface area contributed by atoms with E-state index in [1.165, 1.54) is 30.6 Å². The van der Waals surface area contributed by atoms with Gasteiger partial charge in [-0.2, -0.15) is 0 Å². The van der Waals surface area contributed by atoms with Crippen molar-refractivity contribution >= 4 is 15.9 Å². The van der Waals surface area contributed by atoms with E-state index in [0.717, 1.165) is 12.5 Å². The van der Waals surface area contributed by atoms with Gasteiger partial charge in [-0.25, -0.2) is 0 Å². The number of piperidine rings is 1. The normalized spacial score (nSPS) is 26.9. The van der Waals surface area contributed by atoms with Crippen LogP contribution in [0.2, 0.25) is 0 Å². The Kier molecular flexibility index (Phi) is 4.04. The Morgan fingerprint density at radius 3 is 2.62 bits per heavy atom. The van der Waals surface area contributed by atoms with Crippen LogP contribution in [0.4, 0.5) is 0 Å². The average molecular weight is 282 g/mol. The molecule has 2 heteroatoms. The summed E-state index contributed by atoms with van der Waals surface area (Å²) in [6, 6.07) is 8.91. The molecule has 88 valence electrons. The summed E-state index contributed by atoms with van der Waals surface area (Å²) in [5.41, 5.74) is 2.78. The van der Waals surface area contributed by atoms with Crippen LogP contribution in [0.25, 0.3) is 0 Å². The van der Waals surface area contributed by atoms with E-state index in [4.69, 9.17) is 0 Å². The van der Waals surface area contributed by atoms with Crippen molar-refractivity contribution in [1.82, 2.24) is 4.90 Å². The Hall–Kier alpha value is -0.340. The second-order valence-electron chi connectivity index (χ2n) is 5.00. The zero-order valence-electron chi connectivity index (χ0n) is 10.1. The second kappa shape index (κ2) is 5.33. The number of rotatable bonds is 2. The third kappa shape index (κ3) is 3.08. The summed E-state index contributed by atoms with van der Waals surface area (Å²) in [5, 5.41) is 0. The molecule has 2 unspecified atom stereocenters. The molecule has 1 heterocycles. The maximum atomic E-state index is 3.75. The molecule has 0 radical (unpaired) electrons. The van der Waals surface area contributed by atoms with Gasteiger partial charge in [0.15, 0.2) is 0 Å². The average Bonchev–Trinajstić information content (AvgIpc) is 2.27. The Morgan fingerprint density at radius 1 is 1.31 bits per heavy atom. The molecular weight excluding hydrogens is 262 g/mol. The van der Waals surface area contributed by atoms with Gasteiger partial charge in [-0.1, -0.05) is 52.7 Å². The van der Waals surface area contributed by atoms with Gasteiger partial charge < -0.3 is 0 Å². The van der Waals surface area contributed by atoms with Crippen molar-refractivity contribution in [1.29, 1.82) is 0 Å². The van der Waals surface area contributed by atoms with Crippen LogP contribution in [-0.4, -0.2) is 22.8 Å². The highest BCUT2D eigenvalue weighted by Crippen LogP contribution is 2.24. The molecular formula is C14H20BrN. The summed E-state index contributed by atoms with van der Waals surface area (Å²) in [5.74, 6) is 0.763. The van der Waals surface area contributed by atoms with Gasteiger partial charge in [-0.05, 0) is 31.4 Å². The van der Waals surface area contributed by atoms with Gasteiger partial charge in [0, 0.05) is 17.9 Å². The van der Waals surface area contributed by atoms with Crippen molar-refractivity contribution in [2.24, 2.45) is 5.92 Å². The second-order valence-corrected chi connectivity index (χ2v) is 6.18. The molecule has 1 aromatic carbocycles. The van der Waals surface area contributed by atoms with Crippen LogP contribution < -0.4 is 0 Å². The van der Waals surface area contributed by atoms with Crippen LogP contribution in [0.3, 0.4) is 0 Å². The molecule has 16 heavy (non-hydrogen) atoms. The lowest BCUT2D eigenvalue weighted by Gasteiger charge is -2.34. The highest BCUT2D eigenvalue weighted by atomic mass is 79.9. The van der Waals surface area contributed by atoms with Crippen molar-refractivity contribution < 1.29 is 0 Å². The molecule has 0 aromatic heterocycles. The summed E-state index contributed by atoms with van der Waals surface area (Å²) in [6.07, 6.45) is 1.27. The zero-order chi connectivity index (χ0) is 11.5. The molecule has 0 N–H and O–H groups in total. The van der Waals surface area contributed by atoms with E-state index in [2.05, 4.69) is 58.9 Å². The van der Waals surface area contributed by atoms with Crippen molar-refractivity contribution in [2.45, 2.75) is 31.6 Å². The van der Waals surface area contributed by atoms with E-state index in [9.17, 15) is 0 Å².